The van der Waals surface area contributed by atoms with E-state index in [9.17, 15) is 13.2 Å². The fraction of sp³-hybridized carbons (Fsp3) is 0.360. The first-order valence-electron chi connectivity index (χ1n) is 11.4. The molecule has 0 bridgehead atoms. The molecule has 1 unspecified atom stereocenters. The topological polar surface area (TPSA) is 60.0 Å². The Morgan fingerprint density at radius 2 is 1.63 bits per heavy atom. The molecule has 1 fully saturated rings. The van der Waals surface area contributed by atoms with Crippen LogP contribution in [-0.2, 0) is 12.7 Å². The van der Waals surface area contributed by atoms with Gasteiger partial charge in [0.05, 0.1) is 5.56 Å². The second-order valence-corrected chi connectivity index (χ2v) is 8.45. The van der Waals surface area contributed by atoms with Gasteiger partial charge < -0.3 is 19.1 Å². The Bertz CT molecular complexity index is 1140. The number of hydrogen-bond donors (Lipinski definition) is 0. The summed E-state index contributed by atoms with van der Waals surface area (Å²) < 4.78 is 56.0. The number of ether oxygens (including phenoxy) is 3. The van der Waals surface area contributed by atoms with Gasteiger partial charge in [0.2, 0.25) is 0 Å². The van der Waals surface area contributed by atoms with Crippen LogP contribution in [0.3, 0.4) is 0 Å². The molecular formula is C25H25F3N4O3. The lowest BCUT2D eigenvalue weighted by Crippen LogP contribution is -2.46. The molecule has 10 heteroatoms. The maximum absolute atomic E-state index is 12.8. The largest absolute Gasteiger partial charge is 0.486 e. The Kier molecular flexibility index (Phi) is 6.63. The minimum absolute atomic E-state index is 0.264. The van der Waals surface area contributed by atoms with Crippen molar-refractivity contribution in [2.24, 2.45) is 0 Å². The van der Waals surface area contributed by atoms with Crippen molar-refractivity contribution in [3.05, 3.63) is 72.1 Å². The Balaban J connectivity index is 1.15. The lowest BCUT2D eigenvalue weighted by atomic mass is 10.1. The predicted molar refractivity (Wildman–Crippen MR) is 123 cm³/mol. The standard InChI is InChI=1S/C25H25F3N4O3/c26-25(27,28)19-7-5-18(6-8-19)15-31-11-13-32(14-12-31)23-24(30-10-9-29-23)34-17-20-16-33-21-3-1-2-4-22(21)35-20/h1-10,20H,11-17H2. The van der Waals surface area contributed by atoms with Crippen LogP contribution in [-0.4, -0.2) is 60.4 Å². The van der Waals surface area contributed by atoms with Gasteiger partial charge in [-0.15, -0.1) is 0 Å². The van der Waals surface area contributed by atoms with Crippen molar-refractivity contribution in [1.29, 1.82) is 0 Å². The van der Waals surface area contributed by atoms with E-state index in [-0.39, 0.29) is 12.7 Å². The highest BCUT2D eigenvalue weighted by molar-refractivity contribution is 5.48. The van der Waals surface area contributed by atoms with E-state index in [4.69, 9.17) is 14.2 Å². The van der Waals surface area contributed by atoms with Crippen LogP contribution < -0.4 is 19.1 Å². The van der Waals surface area contributed by atoms with Gasteiger partial charge in [-0.3, -0.25) is 4.90 Å². The summed E-state index contributed by atoms with van der Waals surface area (Å²) in [6.45, 7) is 4.14. The first-order chi connectivity index (χ1) is 17.0. The summed E-state index contributed by atoms with van der Waals surface area (Å²) in [5.41, 5.74) is 0.224. The molecule has 0 aliphatic carbocycles. The third-order valence-corrected chi connectivity index (χ3v) is 5.98. The van der Waals surface area contributed by atoms with E-state index in [2.05, 4.69) is 19.8 Å². The Labute approximate surface area is 201 Å². The Morgan fingerprint density at radius 1 is 0.914 bits per heavy atom. The number of alkyl halides is 3. The van der Waals surface area contributed by atoms with Crippen LogP contribution in [0.5, 0.6) is 17.4 Å². The Morgan fingerprint density at radius 3 is 2.37 bits per heavy atom. The quantitative estimate of drug-likeness (QED) is 0.521. The van der Waals surface area contributed by atoms with Gasteiger partial charge in [0.25, 0.3) is 5.88 Å². The number of anilines is 1. The fourth-order valence-electron chi connectivity index (χ4n) is 4.13. The van der Waals surface area contributed by atoms with Crippen molar-refractivity contribution in [2.75, 3.05) is 44.3 Å². The van der Waals surface area contributed by atoms with Crippen molar-refractivity contribution in [1.82, 2.24) is 14.9 Å². The molecule has 184 valence electrons. The summed E-state index contributed by atoms with van der Waals surface area (Å²) in [5.74, 6) is 2.51. The zero-order chi connectivity index (χ0) is 24.3. The number of para-hydroxylation sites is 2. The molecule has 1 atom stereocenters. The lowest BCUT2D eigenvalue weighted by Gasteiger charge is -2.35. The maximum atomic E-state index is 12.8. The smallest absolute Gasteiger partial charge is 0.416 e. The number of fused-ring (bicyclic) bond motifs is 1. The van der Waals surface area contributed by atoms with E-state index in [1.54, 1.807) is 24.5 Å². The highest BCUT2D eigenvalue weighted by Gasteiger charge is 2.30. The minimum Gasteiger partial charge on any atom is -0.486 e. The SMILES string of the molecule is FC(F)(F)c1ccc(CN2CCN(c3nccnc3OCC3COc4ccccc4O3)CC2)cc1. The van der Waals surface area contributed by atoms with Gasteiger partial charge in [0.15, 0.2) is 23.4 Å². The van der Waals surface area contributed by atoms with Crippen molar-refractivity contribution in [3.63, 3.8) is 0 Å². The summed E-state index contributed by atoms with van der Waals surface area (Å²) in [4.78, 5) is 13.2. The summed E-state index contributed by atoms with van der Waals surface area (Å²) in [6, 6.07) is 12.9. The van der Waals surface area contributed by atoms with E-state index in [0.717, 1.165) is 36.5 Å². The zero-order valence-corrected chi connectivity index (χ0v) is 18.9. The van der Waals surface area contributed by atoms with E-state index >= 15 is 0 Å². The van der Waals surface area contributed by atoms with Crippen LogP contribution in [0.1, 0.15) is 11.1 Å². The van der Waals surface area contributed by atoms with Crippen LogP contribution in [0.25, 0.3) is 0 Å². The number of aromatic nitrogens is 2. The average Bonchev–Trinajstić information content (AvgIpc) is 2.88. The molecule has 3 aromatic rings. The van der Waals surface area contributed by atoms with Crippen molar-refractivity contribution in [3.8, 4) is 17.4 Å². The van der Waals surface area contributed by atoms with Crippen LogP contribution in [0.15, 0.2) is 60.9 Å². The molecule has 0 N–H and O–H groups in total. The molecule has 0 amide bonds. The summed E-state index contributed by atoms with van der Waals surface area (Å²) >= 11 is 0. The molecule has 2 aliphatic rings. The van der Waals surface area contributed by atoms with Crippen molar-refractivity contribution in [2.45, 2.75) is 18.8 Å². The van der Waals surface area contributed by atoms with Gasteiger partial charge in [-0.25, -0.2) is 9.97 Å². The number of halogens is 3. The summed E-state index contributed by atoms with van der Waals surface area (Å²) in [7, 11) is 0. The molecule has 2 aliphatic heterocycles. The maximum Gasteiger partial charge on any atom is 0.416 e. The molecule has 2 aromatic carbocycles. The highest BCUT2D eigenvalue weighted by Crippen LogP contribution is 2.32. The highest BCUT2D eigenvalue weighted by atomic mass is 19.4. The van der Waals surface area contributed by atoms with Crippen LogP contribution in [0, 0.1) is 0 Å². The van der Waals surface area contributed by atoms with Gasteiger partial charge in [0, 0.05) is 45.1 Å². The molecule has 0 saturated carbocycles. The van der Waals surface area contributed by atoms with Gasteiger partial charge in [0.1, 0.15) is 13.2 Å². The van der Waals surface area contributed by atoms with E-state index < -0.39 is 11.7 Å². The lowest BCUT2D eigenvalue weighted by molar-refractivity contribution is -0.137. The van der Waals surface area contributed by atoms with E-state index in [0.29, 0.717) is 43.7 Å². The van der Waals surface area contributed by atoms with Gasteiger partial charge >= 0.3 is 6.18 Å². The first kappa shape index (κ1) is 23.2. The monoisotopic (exact) mass is 486 g/mol. The summed E-state index contributed by atoms with van der Waals surface area (Å²) in [6.07, 6.45) is -1.36. The van der Waals surface area contributed by atoms with Crippen LogP contribution in [0.4, 0.5) is 19.0 Å². The average molecular weight is 486 g/mol. The zero-order valence-electron chi connectivity index (χ0n) is 18.9. The van der Waals surface area contributed by atoms with Crippen LogP contribution >= 0.6 is 0 Å². The molecule has 1 saturated heterocycles. The second kappa shape index (κ2) is 9.99. The third-order valence-electron chi connectivity index (χ3n) is 5.98. The molecular weight excluding hydrogens is 461 g/mol. The predicted octanol–water partition coefficient (Wildman–Crippen LogP) is 4.04. The first-order valence-corrected chi connectivity index (χ1v) is 11.4. The molecule has 5 rings (SSSR count). The number of benzene rings is 2. The molecule has 0 radical (unpaired) electrons. The Hall–Kier alpha value is -3.53. The van der Waals surface area contributed by atoms with Crippen molar-refractivity contribution >= 4 is 5.82 Å². The number of piperazine rings is 1. The molecule has 1 aromatic heterocycles. The molecule has 0 spiro atoms. The molecule has 3 heterocycles. The number of hydrogen-bond acceptors (Lipinski definition) is 7. The minimum atomic E-state index is -4.32. The van der Waals surface area contributed by atoms with E-state index in [1.165, 1.54) is 0 Å². The normalized spacial score (nSPS) is 18.4. The second-order valence-electron chi connectivity index (χ2n) is 8.45. The summed E-state index contributed by atoms with van der Waals surface area (Å²) in [5, 5.41) is 0. The van der Waals surface area contributed by atoms with Gasteiger partial charge in [-0.05, 0) is 29.8 Å². The molecule has 35 heavy (non-hydrogen) atoms. The van der Waals surface area contributed by atoms with Crippen molar-refractivity contribution < 1.29 is 27.4 Å². The van der Waals surface area contributed by atoms with Gasteiger partial charge in [-0.2, -0.15) is 13.2 Å². The number of rotatable bonds is 6. The fourth-order valence-corrected chi connectivity index (χ4v) is 4.13. The number of nitrogens with zero attached hydrogens (tertiary/aromatic N) is 4. The third kappa shape index (κ3) is 5.59. The van der Waals surface area contributed by atoms with Crippen LogP contribution in [0.2, 0.25) is 0 Å². The van der Waals surface area contributed by atoms with E-state index in [1.807, 2.05) is 24.3 Å². The van der Waals surface area contributed by atoms with Gasteiger partial charge in [-0.1, -0.05) is 24.3 Å². The molecule has 7 nitrogen and oxygen atoms in total.